The fourth-order valence-electron chi connectivity index (χ4n) is 11.0. The molecule has 10 aromatic rings. The number of para-hydroxylation sites is 3. The maximum Gasteiger partial charge on any atom is 0.0556 e. The summed E-state index contributed by atoms with van der Waals surface area (Å²) >= 11 is 0. The number of hydrogen-bond acceptors (Lipinski definition) is 4. The van der Waals surface area contributed by atoms with Crippen LogP contribution >= 0.6 is 0 Å². The summed E-state index contributed by atoms with van der Waals surface area (Å²) in [5, 5.41) is 5.07. The smallest absolute Gasteiger partial charge is 0.0556 e. The van der Waals surface area contributed by atoms with Gasteiger partial charge in [0.25, 0.3) is 0 Å². The third-order valence-electron chi connectivity index (χ3n) is 14.6. The molecule has 0 fully saturated rings. The molecule has 1 unspecified atom stereocenters. The Morgan fingerprint density at radius 3 is 1.45 bits per heavy atom. The number of anilines is 10. The van der Waals surface area contributed by atoms with E-state index >= 15 is 0 Å². The van der Waals surface area contributed by atoms with Gasteiger partial charge in [0.2, 0.25) is 0 Å². The molecule has 12 rings (SSSR count). The number of rotatable bonds is 13. The van der Waals surface area contributed by atoms with Crippen molar-refractivity contribution in [3.63, 3.8) is 0 Å². The average molecular weight is 955 g/mol. The van der Waals surface area contributed by atoms with E-state index in [1.807, 2.05) is 0 Å². The van der Waals surface area contributed by atoms with E-state index < -0.39 is 0 Å². The van der Waals surface area contributed by atoms with E-state index in [1.54, 1.807) is 0 Å². The molecule has 4 heteroatoms. The van der Waals surface area contributed by atoms with Crippen molar-refractivity contribution in [3.8, 4) is 11.1 Å². The van der Waals surface area contributed by atoms with Gasteiger partial charge in [0.15, 0.2) is 0 Å². The molecule has 0 saturated heterocycles. The molecule has 0 N–H and O–H groups in total. The molecule has 0 spiro atoms. The van der Waals surface area contributed by atoms with Crippen molar-refractivity contribution in [2.45, 2.75) is 39.2 Å². The second kappa shape index (κ2) is 20.5. The van der Waals surface area contributed by atoms with Gasteiger partial charge in [0.05, 0.1) is 11.7 Å². The summed E-state index contributed by atoms with van der Waals surface area (Å²) in [6, 6.07) is 88.5. The lowest BCUT2D eigenvalue weighted by molar-refractivity contribution is 0.767. The number of fused-ring (bicyclic) bond motifs is 2. The molecule has 2 aliphatic carbocycles. The van der Waals surface area contributed by atoms with Gasteiger partial charge in [-0.05, 0) is 181 Å². The molecule has 74 heavy (non-hydrogen) atoms. The third-order valence-corrected chi connectivity index (χ3v) is 14.6. The summed E-state index contributed by atoms with van der Waals surface area (Å²) < 4.78 is 0. The fraction of sp³-hybridized carbons (Fsp3) is 0.0857. The first-order valence-electron chi connectivity index (χ1n) is 25.9. The SMILES string of the molecule is Cc1ccc(N(c2ccccc2)c2ccc(N(c3ccccc3)c3cccc4ccccc34)cc2)cc1-c1cc(N(c2ccccc2)c2ccc(N(C3=c4ccccc4=CCC3)C3C=CC=CC3)cc2)ccc1C. The molecule has 1 atom stereocenters. The van der Waals surface area contributed by atoms with Gasteiger partial charge in [0, 0.05) is 67.5 Å². The Labute approximate surface area is 435 Å². The molecule has 0 saturated carbocycles. The van der Waals surface area contributed by atoms with Crippen LogP contribution in [0.25, 0.3) is 33.7 Å². The maximum atomic E-state index is 2.58. The van der Waals surface area contributed by atoms with E-state index in [-0.39, 0.29) is 6.04 Å². The van der Waals surface area contributed by atoms with E-state index in [9.17, 15) is 0 Å². The van der Waals surface area contributed by atoms with Crippen LogP contribution in [0.1, 0.15) is 30.4 Å². The lowest BCUT2D eigenvalue weighted by atomic mass is 9.94. The zero-order valence-electron chi connectivity index (χ0n) is 42.0. The van der Waals surface area contributed by atoms with Crippen LogP contribution in [0.4, 0.5) is 56.9 Å². The average Bonchev–Trinajstić information content (AvgIpc) is 3.46. The summed E-state index contributed by atoms with van der Waals surface area (Å²) in [6.45, 7) is 4.47. The zero-order chi connectivity index (χ0) is 49.8. The van der Waals surface area contributed by atoms with Gasteiger partial charge in [0.1, 0.15) is 0 Å². The van der Waals surface area contributed by atoms with E-state index in [1.165, 1.54) is 54.8 Å². The highest BCUT2D eigenvalue weighted by Crippen LogP contribution is 2.44. The molecule has 0 aliphatic heterocycles. The highest BCUT2D eigenvalue weighted by molar-refractivity contribution is 5.99. The summed E-state index contributed by atoms with van der Waals surface area (Å²) in [4.78, 5) is 9.72. The second-order valence-electron chi connectivity index (χ2n) is 19.3. The molecule has 358 valence electrons. The third kappa shape index (κ3) is 9.08. The second-order valence-corrected chi connectivity index (χ2v) is 19.3. The van der Waals surface area contributed by atoms with Gasteiger partial charge < -0.3 is 19.6 Å². The Morgan fingerprint density at radius 1 is 0.392 bits per heavy atom. The lowest BCUT2D eigenvalue weighted by Gasteiger charge is -2.36. The highest BCUT2D eigenvalue weighted by atomic mass is 15.2. The molecule has 10 aromatic carbocycles. The first kappa shape index (κ1) is 46.0. The number of aryl methyl sites for hydroxylation is 2. The minimum Gasteiger partial charge on any atom is -0.337 e. The molecule has 0 bridgehead atoms. The van der Waals surface area contributed by atoms with Crippen LogP contribution in [-0.2, 0) is 0 Å². The fourth-order valence-corrected chi connectivity index (χ4v) is 11.0. The van der Waals surface area contributed by atoms with Gasteiger partial charge in [-0.1, -0.05) is 158 Å². The normalized spacial score (nSPS) is 13.8. The van der Waals surface area contributed by atoms with E-state index in [0.29, 0.717) is 0 Å². The molecule has 2 aliphatic rings. The predicted molar refractivity (Wildman–Crippen MR) is 315 cm³/mol. The minimum atomic E-state index is 0.235. The lowest BCUT2D eigenvalue weighted by Crippen LogP contribution is -2.41. The van der Waals surface area contributed by atoms with Crippen molar-refractivity contribution in [2.75, 3.05) is 19.6 Å². The predicted octanol–water partition coefficient (Wildman–Crippen LogP) is 17.6. The van der Waals surface area contributed by atoms with Gasteiger partial charge in [-0.25, -0.2) is 0 Å². The molecule has 0 heterocycles. The number of benzene rings is 10. The monoisotopic (exact) mass is 954 g/mol. The number of allylic oxidation sites excluding steroid dienone is 2. The van der Waals surface area contributed by atoms with E-state index in [4.69, 9.17) is 0 Å². The summed E-state index contributed by atoms with van der Waals surface area (Å²) in [7, 11) is 0. The van der Waals surface area contributed by atoms with E-state index in [2.05, 4.69) is 306 Å². The number of hydrogen-bond donors (Lipinski definition) is 0. The van der Waals surface area contributed by atoms with Crippen molar-refractivity contribution in [2.24, 2.45) is 0 Å². The van der Waals surface area contributed by atoms with Crippen molar-refractivity contribution < 1.29 is 0 Å². The molecule has 0 amide bonds. The minimum absolute atomic E-state index is 0.235. The van der Waals surface area contributed by atoms with Crippen molar-refractivity contribution in [1.29, 1.82) is 0 Å². The van der Waals surface area contributed by atoms with Crippen LogP contribution in [0.3, 0.4) is 0 Å². The molecular formula is C70H58N4. The summed E-state index contributed by atoms with van der Waals surface area (Å²) in [5.74, 6) is 0. The van der Waals surface area contributed by atoms with Crippen molar-refractivity contribution in [3.05, 3.63) is 289 Å². The molecular weight excluding hydrogens is 897 g/mol. The standard InChI is InChI=1S/C70H58N4/c1-51-37-39-63(71(55-25-7-3-8-26-55)59-41-45-61(46-42-59)73(57-29-11-5-12-30-57)69-35-19-23-53-21-15-17-33-65(53)69)49-67(51)68-50-64(40-38-52(68)2)72(56-27-9-4-10-28-56)60-43-47-62(48-44-60)74(58-31-13-6-14-32-58)70-36-20-24-54-22-16-18-34-66(54)70/h3-19,21-31,33-35,37-50,58H,20,32,36H2,1-2H3. The topological polar surface area (TPSA) is 13.0 Å². The highest BCUT2D eigenvalue weighted by Gasteiger charge is 2.25. The largest absolute Gasteiger partial charge is 0.337 e. The van der Waals surface area contributed by atoms with Crippen LogP contribution in [0.2, 0.25) is 0 Å². The molecule has 0 radical (unpaired) electrons. The Hall–Kier alpha value is -9.12. The van der Waals surface area contributed by atoms with Gasteiger partial charge >= 0.3 is 0 Å². The van der Waals surface area contributed by atoms with Crippen LogP contribution in [0.5, 0.6) is 0 Å². The first-order valence-corrected chi connectivity index (χ1v) is 25.9. The quantitative estimate of drug-likeness (QED) is 0.114. The van der Waals surface area contributed by atoms with Crippen LogP contribution in [0, 0.1) is 13.8 Å². The van der Waals surface area contributed by atoms with Gasteiger partial charge in [-0.2, -0.15) is 0 Å². The zero-order valence-corrected chi connectivity index (χ0v) is 42.0. The Morgan fingerprint density at radius 2 is 0.865 bits per heavy atom. The van der Waals surface area contributed by atoms with Crippen LogP contribution < -0.4 is 30.0 Å². The van der Waals surface area contributed by atoms with Crippen molar-refractivity contribution in [1.82, 2.24) is 0 Å². The Balaban J connectivity index is 0.921. The van der Waals surface area contributed by atoms with Crippen LogP contribution in [-0.4, -0.2) is 6.04 Å². The summed E-state index contributed by atoms with van der Waals surface area (Å²) in [6.07, 6.45) is 14.4. The van der Waals surface area contributed by atoms with Gasteiger partial charge in [-0.3, -0.25) is 0 Å². The Kier molecular flexibility index (Phi) is 12.8. The molecule has 0 aromatic heterocycles. The van der Waals surface area contributed by atoms with E-state index in [0.717, 1.165) is 70.4 Å². The van der Waals surface area contributed by atoms with Crippen LogP contribution in [0.15, 0.2) is 267 Å². The maximum absolute atomic E-state index is 2.58. The Bertz CT molecular complexity index is 3780. The van der Waals surface area contributed by atoms with Gasteiger partial charge in [-0.15, -0.1) is 0 Å². The molecule has 4 nitrogen and oxygen atoms in total. The van der Waals surface area contributed by atoms with Crippen molar-refractivity contribution >= 4 is 79.4 Å². The number of nitrogens with zero attached hydrogens (tertiary/aromatic N) is 4. The first-order chi connectivity index (χ1) is 36.6. The summed E-state index contributed by atoms with van der Waals surface area (Å²) in [5.41, 5.74) is 17.3.